The Morgan fingerprint density at radius 2 is 2.17 bits per heavy atom. The van der Waals surface area contributed by atoms with Crippen LogP contribution >= 0.6 is 11.8 Å². The van der Waals surface area contributed by atoms with E-state index in [-0.39, 0.29) is 5.56 Å². The van der Waals surface area contributed by atoms with Crippen molar-refractivity contribution >= 4 is 17.6 Å². The maximum absolute atomic E-state index is 12.1. The number of hydrogen-bond acceptors (Lipinski definition) is 4. The van der Waals surface area contributed by atoms with E-state index < -0.39 is 0 Å². The van der Waals surface area contributed by atoms with Gasteiger partial charge in [0.05, 0.1) is 0 Å². The van der Waals surface area contributed by atoms with E-state index >= 15 is 0 Å². The first-order valence-electron chi connectivity index (χ1n) is 6.36. The molecule has 0 aliphatic rings. The molecule has 0 saturated heterocycles. The minimum absolute atomic E-state index is 0.0250. The number of anilines is 1. The van der Waals surface area contributed by atoms with E-state index in [1.54, 1.807) is 17.0 Å². The van der Waals surface area contributed by atoms with Gasteiger partial charge in [0.2, 0.25) is 0 Å². The molecule has 0 saturated carbocycles. The molecule has 0 radical (unpaired) electrons. The number of aromatic nitrogens is 2. The van der Waals surface area contributed by atoms with Crippen molar-refractivity contribution < 1.29 is 0 Å². The summed E-state index contributed by atoms with van der Waals surface area (Å²) in [6.07, 6.45) is 6.56. The Morgan fingerprint density at radius 1 is 1.44 bits per heavy atom. The van der Waals surface area contributed by atoms with Gasteiger partial charge in [-0.05, 0) is 18.6 Å². The summed E-state index contributed by atoms with van der Waals surface area (Å²) in [5, 5.41) is 3.73. The zero-order chi connectivity index (χ0) is 13.5. The van der Waals surface area contributed by atoms with Crippen molar-refractivity contribution in [3.63, 3.8) is 0 Å². The van der Waals surface area contributed by atoms with Crippen LogP contribution in [-0.4, -0.2) is 27.6 Å². The summed E-state index contributed by atoms with van der Waals surface area (Å²) >= 11 is 1.83. The van der Waals surface area contributed by atoms with Crippen LogP contribution in [0.1, 0.15) is 27.2 Å². The smallest absolute Gasteiger partial charge is 0.293 e. The largest absolute Gasteiger partial charge is 0.365 e. The maximum atomic E-state index is 12.1. The maximum Gasteiger partial charge on any atom is 0.293 e. The van der Waals surface area contributed by atoms with Crippen molar-refractivity contribution in [2.45, 2.75) is 39.0 Å². The molecule has 1 aromatic heterocycles. The number of hydrogen-bond donors (Lipinski definition) is 1. The predicted molar refractivity (Wildman–Crippen MR) is 79.4 cm³/mol. The van der Waals surface area contributed by atoms with Crippen LogP contribution in [0.3, 0.4) is 0 Å². The number of nitrogens with one attached hydrogen (secondary N) is 1. The number of rotatable bonds is 7. The van der Waals surface area contributed by atoms with Crippen LogP contribution in [0.25, 0.3) is 0 Å². The van der Waals surface area contributed by atoms with E-state index in [2.05, 4.69) is 37.3 Å². The van der Waals surface area contributed by atoms with Gasteiger partial charge in [-0.2, -0.15) is 11.8 Å². The Kier molecular flexibility index (Phi) is 6.25. The van der Waals surface area contributed by atoms with Crippen LogP contribution < -0.4 is 10.9 Å². The quantitative estimate of drug-likeness (QED) is 0.826. The lowest BCUT2D eigenvalue weighted by Gasteiger charge is -2.12. The molecule has 1 aromatic rings. The first-order chi connectivity index (χ1) is 8.54. The van der Waals surface area contributed by atoms with E-state index in [9.17, 15) is 4.79 Å². The number of thioether (sulfide) groups is 1. The van der Waals surface area contributed by atoms with Gasteiger partial charge in [-0.1, -0.05) is 20.8 Å². The number of nitrogens with zero attached hydrogens (tertiary/aromatic N) is 2. The average Bonchev–Trinajstić information content (AvgIpc) is 2.33. The highest BCUT2D eigenvalue weighted by molar-refractivity contribution is 7.99. The second kappa shape index (κ2) is 7.46. The van der Waals surface area contributed by atoms with Gasteiger partial charge >= 0.3 is 0 Å². The Labute approximate surface area is 113 Å². The van der Waals surface area contributed by atoms with Gasteiger partial charge in [0.25, 0.3) is 5.56 Å². The molecule has 18 heavy (non-hydrogen) atoms. The van der Waals surface area contributed by atoms with E-state index in [1.165, 1.54) is 0 Å². The molecule has 1 unspecified atom stereocenters. The molecule has 4 nitrogen and oxygen atoms in total. The van der Waals surface area contributed by atoms with Gasteiger partial charge < -0.3 is 9.88 Å². The van der Waals surface area contributed by atoms with Crippen LogP contribution in [0.5, 0.6) is 0 Å². The van der Waals surface area contributed by atoms with Crippen LogP contribution in [0.15, 0.2) is 17.2 Å². The monoisotopic (exact) mass is 269 g/mol. The van der Waals surface area contributed by atoms with Crippen molar-refractivity contribution in [1.29, 1.82) is 0 Å². The Bertz CT molecular complexity index is 417. The Morgan fingerprint density at radius 3 is 2.78 bits per heavy atom. The molecule has 0 aliphatic heterocycles. The van der Waals surface area contributed by atoms with E-state index in [0.717, 1.165) is 19.5 Å². The first-order valence-corrected chi connectivity index (χ1v) is 7.65. The molecule has 0 spiro atoms. The lowest BCUT2D eigenvalue weighted by molar-refractivity contribution is 0.509. The third kappa shape index (κ3) is 4.72. The first kappa shape index (κ1) is 15.1. The molecule has 1 atom stereocenters. The average molecular weight is 269 g/mol. The minimum atomic E-state index is -0.0250. The van der Waals surface area contributed by atoms with E-state index in [0.29, 0.717) is 17.0 Å². The summed E-state index contributed by atoms with van der Waals surface area (Å²) in [4.78, 5) is 16.2. The molecule has 1 heterocycles. The van der Waals surface area contributed by atoms with Gasteiger partial charge in [-0.15, -0.1) is 0 Å². The Balaban J connectivity index is 2.63. The van der Waals surface area contributed by atoms with Crippen molar-refractivity contribution in [3.8, 4) is 0 Å². The van der Waals surface area contributed by atoms with Crippen molar-refractivity contribution in [2.75, 3.05) is 18.1 Å². The molecule has 1 N–H and O–H groups in total. The molecule has 1 rings (SSSR count). The van der Waals surface area contributed by atoms with Gasteiger partial charge in [0.1, 0.15) is 0 Å². The lowest BCUT2D eigenvalue weighted by Crippen LogP contribution is -2.26. The second-order valence-electron chi connectivity index (χ2n) is 4.89. The molecular weight excluding hydrogens is 246 g/mol. The van der Waals surface area contributed by atoms with Crippen molar-refractivity contribution in [1.82, 2.24) is 9.55 Å². The lowest BCUT2D eigenvalue weighted by atomic mass is 10.2. The normalized spacial score (nSPS) is 12.7. The van der Waals surface area contributed by atoms with Gasteiger partial charge in [-0.3, -0.25) is 4.79 Å². The summed E-state index contributed by atoms with van der Waals surface area (Å²) in [6, 6.07) is 0. The molecular formula is C13H23N3OS. The summed E-state index contributed by atoms with van der Waals surface area (Å²) < 4.78 is 1.72. The molecule has 0 amide bonds. The fourth-order valence-electron chi connectivity index (χ4n) is 1.62. The highest BCUT2D eigenvalue weighted by Gasteiger charge is 2.06. The van der Waals surface area contributed by atoms with Crippen LogP contribution in [0, 0.1) is 5.92 Å². The standard InChI is InChI=1S/C13H23N3OS/c1-10(2)9-16-8-7-15-12(13(16)17)14-6-5-11(3)18-4/h7-8,10-11H,5-6,9H2,1-4H3,(H,14,15). The topological polar surface area (TPSA) is 46.9 Å². The van der Waals surface area contributed by atoms with Crippen LogP contribution in [-0.2, 0) is 6.54 Å². The summed E-state index contributed by atoms with van der Waals surface area (Å²) in [7, 11) is 0. The van der Waals surface area contributed by atoms with Gasteiger partial charge in [0.15, 0.2) is 5.82 Å². The van der Waals surface area contributed by atoms with Gasteiger partial charge in [0, 0.05) is 30.7 Å². The van der Waals surface area contributed by atoms with Gasteiger partial charge in [-0.25, -0.2) is 4.98 Å². The SMILES string of the molecule is CSC(C)CCNc1nccn(CC(C)C)c1=O. The molecule has 0 bridgehead atoms. The predicted octanol–water partition coefficient (Wildman–Crippen LogP) is 2.45. The summed E-state index contributed by atoms with van der Waals surface area (Å²) in [5.41, 5.74) is -0.0250. The zero-order valence-corrected chi connectivity index (χ0v) is 12.5. The highest BCUT2D eigenvalue weighted by atomic mass is 32.2. The van der Waals surface area contributed by atoms with Crippen molar-refractivity contribution in [2.24, 2.45) is 5.92 Å². The molecule has 102 valence electrons. The van der Waals surface area contributed by atoms with E-state index in [1.807, 2.05) is 11.8 Å². The fraction of sp³-hybridized carbons (Fsp3) is 0.692. The summed E-state index contributed by atoms with van der Waals surface area (Å²) in [5.74, 6) is 0.918. The molecule has 0 aromatic carbocycles. The molecule has 0 aliphatic carbocycles. The summed E-state index contributed by atoms with van der Waals surface area (Å²) in [6.45, 7) is 7.90. The van der Waals surface area contributed by atoms with Crippen molar-refractivity contribution in [3.05, 3.63) is 22.7 Å². The minimum Gasteiger partial charge on any atom is -0.365 e. The fourth-order valence-corrected chi connectivity index (χ4v) is 1.97. The molecule has 0 fully saturated rings. The zero-order valence-electron chi connectivity index (χ0n) is 11.6. The van der Waals surface area contributed by atoms with Crippen LogP contribution in [0.4, 0.5) is 5.82 Å². The third-order valence-electron chi connectivity index (χ3n) is 2.72. The second-order valence-corrected chi connectivity index (χ2v) is 6.17. The highest BCUT2D eigenvalue weighted by Crippen LogP contribution is 2.09. The molecule has 5 heteroatoms. The third-order valence-corrected chi connectivity index (χ3v) is 3.76. The van der Waals surface area contributed by atoms with E-state index in [4.69, 9.17) is 0 Å². The van der Waals surface area contributed by atoms with Crippen LogP contribution in [0.2, 0.25) is 0 Å². The Hall–Kier alpha value is -0.970.